The molecule has 0 atom stereocenters. The maximum atomic E-state index is 14.2. The van der Waals surface area contributed by atoms with Gasteiger partial charge in [-0.05, 0) is 36.6 Å². The van der Waals surface area contributed by atoms with Gasteiger partial charge in [0.15, 0.2) is 0 Å². The first-order chi connectivity index (χ1) is 14.2. The number of nitrogens with one attached hydrogen (secondary N) is 2. The summed E-state index contributed by atoms with van der Waals surface area (Å²) in [6, 6.07) is 14.6. The Kier molecular flexibility index (Phi) is 4.44. The summed E-state index contributed by atoms with van der Waals surface area (Å²) in [5, 5.41) is 8.92. The number of carbonyl (C=O) groups excluding carboxylic acids is 1. The highest BCUT2D eigenvalue weighted by Crippen LogP contribution is 2.37. The molecular weight excluding hydrogens is 387 g/mol. The van der Waals surface area contributed by atoms with E-state index in [4.69, 9.17) is 0 Å². The van der Waals surface area contributed by atoms with Crippen LogP contribution >= 0.6 is 11.3 Å². The molecule has 0 unspecified atom stereocenters. The van der Waals surface area contributed by atoms with E-state index < -0.39 is 5.82 Å². The number of benzene rings is 2. The molecule has 0 spiro atoms. The van der Waals surface area contributed by atoms with Crippen LogP contribution in [0.4, 0.5) is 21.6 Å². The monoisotopic (exact) mass is 404 g/mol. The maximum absolute atomic E-state index is 14.2. The topological polar surface area (TPSA) is 66.9 Å². The first-order valence-electron chi connectivity index (χ1n) is 9.34. The highest BCUT2D eigenvalue weighted by atomic mass is 32.1. The second-order valence-electron chi connectivity index (χ2n) is 7.00. The molecule has 144 valence electrons. The second kappa shape index (κ2) is 7.25. The van der Waals surface area contributed by atoms with Crippen LogP contribution in [-0.2, 0) is 4.79 Å². The number of halogens is 1. The summed E-state index contributed by atoms with van der Waals surface area (Å²) in [7, 11) is 0. The van der Waals surface area contributed by atoms with Crippen LogP contribution in [0.3, 0.4) is 0 Å². The van der Waals surface area contributed by atoms with Crippen molar-refractivity contribution in [3.8, 4) is 11.1 Å². The summed E-state index contributed by atoms with van der Waals surface area (Å²) in [5.74, 6) is 0.0560. The average molecular weight is 404 g/mol. The van der Waals surface area contributed by atoms with Gasteiger partial charge in [0.2, 0.25) is 5.91 Å². The fourth-order valence-corrected chi connectivity index (χ4v) is 4.13. The molecule has 1 saturated carbocycles. The standard InChI is InChI=1S/C22H17FN4OS/c23-17-9-8-15(10-18(17)27-21(28)14-6-7-14)26-20-19-16(13-4-2-1-3-5-13)11-29-22(19)25-12-24-20/h1-5,8-12,14H,6-7H2,(H,27,28)(H,24,25,26). The Hall–Kier alpha value is -3.32. The summed E-state index contributed by atoms with van der Waals surface area (Å²) in [6.45, 7) is 0. The Bertz CT molecular complexity index is 1200. The van der Waals surface area contributed by atoms with Crippen molar-refractivity contribution in [2.24, 2.45) is 5.92 Å². The fourth-order valence-electron chi connectivity index (χ4n) is 3.22. The number of rotatable bonds is 5. The molecule has 1 aliphatic rings. The van der Waals surface area contributed by atoms with Crippen LogP contribution in [0, 0.1) is 11.7 Å². The van der Waals surface area contributed by atoms with Crippen molar-refractivity contribution in [1.82, 2.24) is 9.97 Å². The zero-order chi connectivity index (χ0) is 19.8. The number of carbonyl (C=O) groups is 1. The molecule has 2 N–H and O–H groups in total. The van der Waals surface area contributed by atoms with E-state index in [2.05, 4.69) is 26.0 Å². The van der Waals surface area contributed by atoms with Gasteiger partial charge in [-0.15, -0.1) is 11.3 Å². The lowest BCUT2D eigenvalue weighted by atomic mass is 10.1. The number of thiophene rings is 1. The number of anilines is 3. The minimum absolute atomic E-state index is 0.00624. The molecule has 1 amide bonds. The molecule has 0 radical (unpaired) electrons. The Morgan fingerprint density at radius 1 is 1.10 bits per heavy atom. The molecule has 0 saturated heterocycles. The summed E-state index contributed by atoms with van der Waals surface area (Å²) in [4.78, 5) is 21.7. The van der Waals surface area contributed by atoms with Crippen molar-refractivity contribution in [1.29, 1.82) is 0 Å². The molecule has 2 aromatic carbocycles. The van der Waals surface area contributed by atoms with Gasteiger partial charge in [-0.1, -0.05) is 30.3 Å². The number of hydrogen-bond donors (Lipinski definition) is 2. The van der Waals surface area contributed by atoms with Gasteiger partial charge in [-0.3, -0.25) is 4.79 Å². The third-order valence-electron chi connectivity index (χ3n) is 4.89. The third-order valence-corrected chi connectivity index (χ3v) is 5.78. The minimum Gasteiger partial charge on any atom is -0.340 e. The van der Waals surface area contributed by atoms with E-state index >= 15 is 0 Å². The summed E-state index contributed by atoms with van der Waals surface area (Å²) in [5.41, 5.74) is 2.93. The van der Waals surface area contributed by atoms with Crippen LogP contribution in [0.5, 0.6) is 0 Å². The van der Waals surface area contributed by atoms with E-state index in [1.165, 1.54) is 12.4 Å². The molecule has 5 nitrogen and oxygen atoms in total. The Morgan fingerprint density at radius 3 is 2.72 bits per heavy atom. The predicted octanol–water partition coefficient (Wildman–Crippen LogP) is 5.59. The van der Waals surface area contributed by atoms with Gasteiger partial charge >= 0.3 is 0 Å². The molecule has 29 heavy (non-hydrogen) atoms. The number of fused-ring (bicyclic) bond motifs is 1. The number of aromatic nitrogens is 2. The highest BCUT2D eigenvalue weighted by Gasteiger charge is 2.30. The molecule has 1 fully saturated rings. The van der Waals surface area contributed by atoms with E-state index in [0.29, 0.717) is 11.5 Å². The van der Waals surface area contributed by atoms with E-state index in [1.807, 2.05) is 30.3 Å². The highest BCUT2D eigenvalue weighted by molar-refractivity contribution is 7.17. The summed E-state index contributed by atoms with van der Waals surface area (Å²) >= 11 is 1.55. The van der Waals surface area contributed by atoms with Gasteiger partial charge in [-0.25, -0.2) is 14.4 Å². The SMILES string of the molecule is O=C(Nc1cc(Nc2ncnc3scc(-c4ccccc4)c23)ccc1F)C1CC1. The van der Waals surface area contributed by atoms with Gasteiger partial charge in [-0.2, -0.15) is 0 Å². The fraction of sp³-hybridized carbons (Fsp3) is 0.136. The lowest BCUT2D eigenvalue weighted by Gasteiger charge is -2.11. The van der Waals surface area contributed by atoms with Crippen molar-refractivity contribution in [3.05, 3.63) is 66.1 Å². The molecule has 2 heterocycles. The quantitative estimate of drug-likeness (QED) is 0.455. The molecule has 7 heteroatoms. The van der Waals surface area contributed by atoms with Gasteiger partial charge in [0.1, 0.15) is 22.8 Å². The predicted molar refractivity (Wildman–Crippen MR) is 114 cm³/mol. The molecule has 2 aromatic heterocycles. The van der Waals surface area contributed by atoms with Gasteiger partial charge in [0, 0.05) is 22.5 Å². The van der Waals surface area contributed by atoms with Crippen molar-refractivity contribution in [3.63, 3.8) is 0 Å². The van der Waals surface area contributed by atoms with Crippen molar-refractivity contribution < 1.29 is 9.18 Å². The molecule has 0 aliphatic heterocycles. The van der Waals surface area contributed by atoms with E-state index in [0.717, 1.165) is 34.2 Å². The number of amides is 1. The normalized spacial score (nSPS) is 13.4. The van der Waals surface area contributed by atoms with Crippen LogP contribution in [-0.4, -0.2) is 15.9 Å². The second-order valence-corrected chi connectivity index (χ2v) is 7.86. The van der Waals surface area contributed by atoms with Gasteiger partial charge in [0.05, 0.1) is 11.1 Å². The van der Waals surface area contributed by atoms with E-state index in [1.54, 1.807) is 23.5 Å². The first kappa shape index (κ1) is 17.8. The van der Waals surface area contributed by atoms with Crippen molar-refractivity contribution in [2.45, 2.75) is 12.8 Å². The van der Waals surface area contributed by atoms with Gasteiger partial charge in [0.25, 0.3) is 0 Å². The van der Waals surface area contributed by atoms with Crippen LogP contribution < -0.4 is 10.6 Å². The van der Waals surface area contributed by atoms with Crippen molar-refractivity contribution >= 4 is 44.7 Å². The molecule has 0 bridgehead atoms. The first-order valence-corrected chi connectivity index (χ1v) is 10.2. The third kappa shape index (κ3) is 3.56. The maximum Gasteiger partial charge on any atom is 0.227 e. The number of hydrogen-bond acceptors (Lipinski definition) is 5. The summed E-state index contributed by atoms with van der Waals surface area (Å²) in [6.07, 6.45) is 3.24. The Morgan fingerprint density at radius 2 is 1.93 bits per heavy atom. The van der Waals surface area contributed by atoms with Crippen LogP contribution in [0.15, 0.2) is 60.2 Å². The lowest BCUT2D eigenvalue weighted by molar-refractivity contribution is -0.117. The molecule has 5 rings (SSSR count). The van der Waals surface area contributed by atoms with Gasteiger partial charge < -0.3 is 10.6 Å². The summed E-state index contributed by atoms with van der Waals surface area (Å²) < 4.78 is 14.2. The van der Waals surface area contributed by atoms with Crippen LogP contribution in [0.1, 0.15) is 12.8 Å². The van der Waals surface area contributed by atoms with Crippen molar-refractivity contribution in [2.75, 3.05) is 10.6 Å². The zero-order valence-electron chi connectivity index (χ0n) is 15.4. The lowest BCUT2D eigenvalue weighted by Crippen LogP contribution is -2.14. The van der Waals surface area contributed by atoms with Crippen LogP contribution in [0.25, 0.3) is 21.3 Å². The number of nitrogens with zero attached hydrogens (tertiary/aromatic N) is 2. The molecule has 1 aliphatic carbocycles. The largest absolute Gasteiger partial charge is 0.340 e. The van der Waals surface area contributed by atoms with E-state index in [-0.39, 0.29) is 17.5 Å². The Labute approximate surface area is 170 Å². The smallest absolute Gasteiger partial charge is 0.227 e. The van der Waals surface area contributed by atoms with E-state index in [9.17, 15) is 9.18 Å². The zero-order valence-corrected chi connectivity index (χ0v) is 16.2. The van der Waals surface area contributed by atoms with Crippen LogP contribution in [0.2, 0.25) is 0 Å². The molecular formula is C22H17FN4OS. The molecule has 4 aromatic rings. The Balaban J connectivity index is 1.50. The average Bonchev–Trinajstić information content (AvgIpc) is 3.50. The minimum atomic E-state index is -0.460.